The van der Waals surface area contributed by atoms with E-state index in [2.05, 4.69) is 61.8 Å². The molecule has 3 heterocycles. The van der Waals surface area contributed by atoms with Gasteiger partial charge >= 0.3 is 0 Å². The van der Waals surface area contributed by atoms with E-state index in [1.165, 1.54) is 16.8 Å². The van der Waals surface area contributed by atoms with Crippen molar-refractivity contribution in [1.82, 2.24) is 10.0 Å². The van der Waals surface area contributed by atoms with Crippen LogP contribution in [0.25, 0.3) is 0 Å². The van der Waals surface area contributed by atoms with E-state index >= 15 is 0 Å². The lowest BCUT2D eigenvalue weighted by atomic mass is 9.75. The summed E-state index contributed by atoms with van der Waals surface area (Å²) in [7, 11) is 0. The smallest absolute Gasteiger partial charge is 0.274 e. The number of anilines is 2. The van der Waals surface area contributed by atoms with Gasteiger partial charge in [-0.3, -0.25) is 9.59 Å². The highest BCUT2D eigenvalue weighted by Crippen LogP contribution is 2.59. The van der Waals surface area contributed by atoms with E-state index < -0.39 is 5.54 Å². The van der Waals surface area contributed by atoms with E-state index in [0.29, 0.717) is 21.4 Å². The van der Waals surface area contributed by atoms with Crippen LogP contribution in [0.5, 0.6) is 11.5 Å². The summed E-state index contributed by atoms with van der Waals surface area (Å²) in [6.07, 6.45) is 0. The standard InChI is InChI=1S/C31H32N4O3S2/c1-5-32(6-2)20-13-15-24-26(17-20)38-27-18-21(33(7-3)8-4)14-16-25(27)31(24)23-12-10-9-11-22(23)29(37)35(31)34-28(36)19-40-30(34)39/h9-18H,5-8,19H2,1-4H3. The number of rotatable bonds is 7. The van der Waals surface area contributed by atoms with Crippen LogP contribution in [0, 0.1) is 0 Å². The third-order valence-electron chi connectivity index (χ3n) is 8.17. The Morgan fingerprint density at radius 3 is 1.88 bits per heavy atom. The van der Waals surface area contributed by atoms with E-state index in [1.807, 2.05) is 36.4 Å². The molecule has 1 fully saturated rings. The Balaban J connectivity index is 1.69. The molecule has 3 aromatic carbocycles. The van der Waals surface area contributed by atoms with E-state index in [4.69, 9.17) is 17.0 Å². The Labute approximate surface area is 244 Å². The van der Waals surface area contributed by atoms with Gasteiger partial charge < -0.3 is 14.5 Å². The number of hydrogen-bond acceptors (Lipinski definition) is 7. The summed E-state index contributed by atoms with van der Waals surface area (Å²) >= 11 is 6.96. The average molecular weight is 573 g/mol. The second kappa shape index (κ2) is 10.1. The molecule has 0 aromatic heterocycles. The number of hydrazine groups is 1. The molecule has 3 aliphatic rings. The molecule has 1 spiro atoms. The summed E-state index contributed by atoms with van der Waals surface area (Å²) in [5.74, 6) is 1.06. The highest BCUT2D eigenvalue weighted by molar-refractivity contribution is 8.23. The maximum Gasteiger partial charge on any atom is 0.274 e. The Morgan fingerprint density at radius 1 is 0.825 bits per heavy atom. The number of benzene rings is 3. The highest BCUT2D eigenvalue weighted by atomic mass is 32.2. The molecule has 3 aromatic rings. The Hall–Kier alpha value is -3.56. The van der Waals surface area contributed by atoms with Crippen LogP contribution in [0.2, 0.25) is 0 Å². The van der Waals surface area contributed by atoms with Crippen molar-refractivity contribution in [2.45, 2.75) is 33.2 Å². The maximum atomic E-state index is 14.3. The van der Waals surface area contributed by atoms with Gasteiger partial charge in [-0.1, -0.05) is 54.3 Å². The van der Waals surface area contributed by atoms with Crippen molar-refractivity contribution in [3.05, 3.63) is 82.9 Å². The van der Waals surface area contributed by atoms with Crippen LogP contribution < -0.4 is 14.5 Å². The van der Waals surface area contributed by atoms with Gasteiger partial charge in [-0.05, 0) is 45.9 Å². The molecular weight excluding hydrogens is 541 g/mol. The third-order valence-corrected chi connectivity index (χ3v) is 9.51. The number of carbonyl (C=O) groups is 2. The van der Waals surface area contributed by atoms with Gasteiger partial charge in [0.15, 0.2) is 4.32 Å². The number of amides is 2. The molecule has 206 valence electrons. The normalized spacial score (nSPS) is 16.6. The lowest BCUT2D eigenvalue weighted by molar-refractivity contribution is -0.135. The van der Waals surface area contributed by atoms with Crippen molar-refractivity contribution in [1.29, 1.82) is 0 Å². The molecule has 1 saturated heterocycles. The van der Waals surface area contributed by atoms with E-state index in [0.717, 1.165) is 54.2 Å². The predicted octanol–water partition coefficient (Wildman–Crippen LogP) is 6.01. The van der Waals surface area contributed by atoms with Crippen LogP contribution in [-0.4, -0.2) is 58.1 Å². The lowest BCUT2D eigenvalue weighted by Gasteiger charge is -2.46. The lowest BCUT2D eigenvalue weighted by Crippen LogP contribution is -2.57. The fraction of sp³-hybridized carbons (Fsp3) is 0.323. The first-order valence-electron chi connectivity index (χ1n) is 13.8. The second-order valence-electron chi connectivity index (χ2n) is 9.94. The quantitative estimate of drug-likeness (QED) is 0.322. The van der Waals surface area contributed by atoms with Gasteiger partial charge in [0.25, 0.3) is 11.8 Å². The fourth-order valence-corrected chi connectivity index (χ4v) is 7.32. The number of hydrogen-bond donors (Lipinski definition) is 0. The zero-order valence-electron chi connectivity index (χ0n) is 23.1. The summed E-state index contributed by atoms with van der Waals surface area (Å²) in [5, 5.41) is 3.01. The number of carbonyl (C=O) groups excluding carboxylic acids is 2. The minimum atomic E-state index is -1.13. The summed E-state index contributed by atoms with van der Waals surface area (Å²) in [6, 6.07) is 20.0. The molecule has 0 atom stereocenters. The molecular formula is C31H32N4O3S2. The van der Waals surface area contributed by atoms with Crippen molar-refractivity contribution in [2.75, 3.05) is 41.7 Å². The maximum absolute atomic E-state index is 14.3. The molecule has 3 aliphatic heterocycles. The van der Waals surface area contributed by atoms with Gasteiger partial charge in [0.2, 0.25) is 0 Å². The fourth-order valence-electron chi connectivity index (χ4n) is 6.29. The molecule has 7 nitrogen and oxygen atoms in total. The van der Waals surface area contributed by atoms with Crippen molar-refractivity contribution in [2.24, 2.45) is 0 Å². The summed E-state index contributed by atoms with van der Waals surface area (Å²) in [4.78, 5) is 32.2. The molecule has 0 bridgehead atoms. The van der Waals surface area contributed by atoms with Crippen LogP contribution in [0.15, 0.2) is 60.7 Å². The molecule has 6 rings (SSSR count). The van der Waals surface area contributed by atoms with Gasteiger partial charge in [-0.2, -0.15) is 5.01 Å². The highest BCUT2D eigenvalue weighted by Gasteiger charge is 2.60. The molecule has 0 N–H and O–H groups in total. The van der Waals surface area contributed by atoms with Crippen molar-refractivity contribution in [3.63, 3.8) is 0 Å². The zero-order valence-corrected chi connectivity index (χ0v) is 24.8. The SMILES string of the molecule is CCN(CC)c1ccc2c(c1)Oc1cc(N(CC)CC)ccc1C21c2ccccc2C(=O)N1N1C(=O)CSC1=S. The largest absolute Gasteiger partial charge is 0.456 e. The number of nitrogens with zero attached hydrogens (tertiary/aromatic N) is 4. The first kappa shape index (κ1) is 26.7. The Kier molecular flexibility index (Phi) is 6.74. The van der Waals surface area contributed by atoms with Gasteiger partial charge in [-0.15, -0.1) is 0 Å². The molecule has 0 aliphatic carbocycles. The van der Waals surface area contributed by atoms with Gasteiger partial charge in [0, 0.05) is 71.9 Å². The monoisotopic (exact) mass is 572 g/mol. The molecule has 0 saturated carbocycles. The van der Waals surface area contributed by atoms with Gasteiger partial charge in [-0.25, -0.2) is 5.01 Å². The Morgan fingerprint density at radius 2 is 1.38 bits per heavy atom. The molecule has 0 unspecified atom stereocenters. The average Bonchev–Trinajstić information content (AvgIpc) is 3.42. The van der Waals surface area contributed by atoms with Crippen molar-refractivity contribution >= 4 is 51.5 Å². The summed E-state index contributed by atoms with van der Waals surface area (Å²) in [6.45, 7) is 11.9. The van der Waals surface area contributed by atoms with E-state index in [9.17, 15) is 9.59 Å². The molecule has 40 heavy (non-hydrogen) atoms. The number of fused-ring (bicyclic) bond motifs is 6. The minimum Gasteiger partial charge on any atom is -0.456 e. The van der Waals surface area contributed by atoms with Crippen LogP contribution in [0.3, 0.4) is 0 Å². The minimum absolute atomic E-state index is 0.201. The number of thiocarbonyl (C=S) groups is 1. The van der Waals surface area contributed by atoms with E-state index in [-0.39, 0.29) is 17.6 Å². The van der Waals surface area contributed by atoms with Crippen molar-refractivity contribution in [3.8, 4) is 11.5 Å². The molecule has 2 amide bonds. The van der Waals surface area contributed by atoms with E-state index in [1.54, 1.807) is 5.01 Å². The summed E-state index contributed by atoms with van der Waals surface area (Å²) < 4.78 is 7.08. The van der Waals surface area contributed by atoms with Gasteiger partial charge in [0.05, 0.1) is 5.75 Å². The molecule has 0 radical (unpaired) electrons. The number of ether oxygens (including phenoxy) is 1. The molecule has 9 heteroatoms. The number of thioether (sulfide) groups is 1. The topological polar surface area (TPSA) is 56.3 Å². The van der Waals surface area contributed by atoms with Gasteiger partial charge in [0.1, 0.15) is 17.0 Å². The second-order valence-corrected chi connectivity index (χ2v) is 11.5. The Bertz CT molecular complexity index is 1460. The first-order valence-corrected chi connectivity index (χ1v) is 15.2. The first-order chi connectivity index (χ1) is 19.4. The van der Waals surface area contributed by atoms with Crippen LogP contribution in [0.1, 0.15) is 54.7 Å². The van der Waals surface area contributed by atoms with Crippen LogP contribution >= 0.6 is 24.0 Å². The predicted molar refractivity (Wildman–Crippen MR) is 164 cm³/mol. The van der Waals surface area contributed by atoms with Crippen LogP contribution in [-0.2, 0) is 10.3 Å². The van der Waals surface area contributed by atoms with Crippen LogP contribution in [0.4, 0.5) is 11.4 Å². The third kappa shape index (κ3) is 3.67. The summed E-state index contributed by atoms with van der Waals surface area (Å²) in [5.41, 5.74) is 3.91. The van der Waals surface area contributed by atoms with Crippen molar-refractivity contribution < 1.29 is 14.3 Å². The zero-order chi connectivity index (χ0) is 28.2.